The second kappa shape index (κ2) is 5.67. The van der Waals surface area contributed by atoms with Crippen LogP contribution >= 0.6 is 11.6 Å². The smallest absolute Gasteiger partial charge is 0.151 e. The molecule has 1 aromatic rings. The first kappa shape index (κ1) is 12.6. The zero-order chi connectivity index (χ0) is 12.3. The number of nitrogens with zero attached hydrogens (tertiary/aromatic N) is 4. The van der Waals surface area contributed by atoms with Gasteiger partial charge in [-0.3, -0.25) is 14.5 Å². The Balaban J connectivity index is 1.85. The van der Waals surface area contributed by atoms with Crippen LogP contribution in [0.5, 0.6) is 0 Å². The SMILES string of the molecule is C=CCN1CCN(Cc2cc(Cl)nn2C)CC1. The Bertz CT molecular complexity index is 380. The van der Waals surface area contributed by atoms with Gasteiger partial charge in [0.2, 0.25) is 0 Å². The van der Waals surface area contributed by atoms with E-state index < -0.39 is 0 Å². The van der Waals surface area contributed by atoms with Gasteiger partial charge >= 0.3 is 0 Å². The molecule has 0 aromatic carbocycles. The third-order valence-electron chi connectivity index (χ3n) is 3.18. The lowest BCUT2D eigenvalue weighted by atomic mass is 10.3. The van der Waals surface area contributed by atoms with Gasteiger partial charge < -0.3 is 0 Å². The molecule has 4 nitrogen and oxygen atoms in total. The number of aryl methyl sites for hydroxylation is 1. The maximum Gasteiger partial charge on any atom is 0.151 e. The van der Waals surface area contributed by atoms with Crippen molar-refractivity contribution in [3.8, 4) is 0 Å². The molecule has 0 spiro atoms. The zero-order valence-corrected chi connectivity index (χ0v) is 11.0. The maximum absolute atomic E-state index is 5.88. The minimum atomic E-state index is 0.577. The molecule has 0 bridgehead atoms. The van der Waals surface area contributed by atoms with E-state index >= 15 is 0 Å². The lowest BCUT2D eigenvalue weighted by molar-refractivity contribution is 0.134. The van der Waals surface area contributed by atoms with Crippen molar-refractivity contribution in [2.75, 3.05) is 32.7 Å². The maximum atomic E-state index is 5.88. The van der Waals surface area contributed by atoms with Crippen LogP contribution in [0.4, 0.5) is 0 Å². The first-order valence-corrected chi connectivity index (χ1v) is 6.31. The standard InChI is InChI=1S/C12H19ClN4/c1-3-4-16-5-7-17(8-6-16)10-11-9-12(13)14-15(11)2/h3,9H,1,4-8,10H2,2H3. The van der Waals surface area contributed by atoms with Crippen LogP contribution in [0.25, 0.3) is 0 Å². The summed E-state index contributed by atoms with van der Waals surface area (Å²) >= 11 is 5.88. The second-order valence-electron chi connectivity index (χ2n) is 4.45. The summed E-state index contributed by atoms with van der Waals surface area (Å²) in [5, 5.41) is 4.73. The molecule has 0 amide bonds. The van der Waals surface area contributed by atoms with E-state index in [-0.39, 0.29) is 0 Å². The Kier molecular flexibility index (Phi) is 4.20. The van der Waals surface area contributed by atoms with Gasteiger partial charge in [-0.1, -0.05) is 17.7 Å². The molecule has 5 heteroatoms. The third kappa shape index (κ3) is 3.31. The van der Waals surface area contributed by atoms with Crippen molar-refractivity contribution in [2.24, 2.45) is 7.05 Å². The number of hydrogen-bond donors (Lipinski definition) is 0. The number of rotatable bonds is 4. The summed E-state index contributed by atoms with van der Waals surface area (Å²) in [5.74, 6) is 0. The van der Waals surface area contributed by atoms with Crippen LogP contribution in [0.1, 0.15) is 5.69 Å². The lowest BCUT2D eigenvalue weighted by Crippen LogP contribution is -2.45. The van der Waals surface area contributed by atoms with Crippen molar-refractivity contribution in [3.63, 3.8) is 0 Å². The van der Waals surface area contributed by atoms with Crippen molar-refractivity contribution in [2.45, 2.75) is 6.54 Å². The van der Waals surface area contributed by atoms with Crippen molar-refractivity contribution < 1.29 is 0 Å². The number of aromatic nitrogens is 2. The molecule has 1 aliphatic rings. The van der Waals surface area contributed by atoms with Gasteiger partial charge in [0.25, 0.3) is 0 Å². The molecule has 17 heavy (non-hydrogen) atoms. The van der Waals surface area contributed by atoms with Crippen LogP contribution in [-0.2, 0) is 13.6 Å². The second-order valence-corrected chi connectivity index (χ2v) is 4.83. The van der Waals surface area contributed by atoms with Crippen LogP contribution in [0.2, 0.25) is 5.15 Å². The van der Waals surface area contributed by atoms with Crippen LogP contribution in [0, 0.1) is 0 Å². The van der Waals surface area contributed by atoms with Gasteiger partial charge in [-0.2, -0.15) is 5.10 Å². The molecule has 0 unspecified atom stereocenters. The molecule has 1 saturated heterocycles. The van der Waals surface area contributed by atoms with E-state index in [0.29, 0.717) is 5.15 Å². The highest BCUT2D eigenvalue weighted by Gasteiger charge is 2.17. The van der Waals surface area contributed by atoms with Gasteiger partial charge in [0.05, 0.1) is 5.69 Å². The molecule has 0 aliphatic carbocycles. The minimum absolute atomic E-state index is 0.577. The summed E-state index contributed by atoms with van der Waals surface area (Å²) in [6.45, 7) is 10.1. The molecule has 0 saturated carbocycles. The monoisotopic (exact) mass is 254 g/mol. The largest absolute Gasteiger partial charge is 0.297 e. The molecule has 1 aromatic heterocycles. The molecule has 0 atom stereocenters. The molecular weight excluding hydrogens is 236 g/mol. The molecule has 0 N–H and O–H groups in total. The van der Waals surface area contributed by atoms with Crippen LogP contribution in [0.3, 0.4) is 0 Å². The predicted octanol–water partition coefficient (Wildman–Crippen LogP) is 1.38. The summed E-state index contributed by atoms with van der Waals surface area (Å²) in [7, 11) is 1.94. The van der Waals surface area contributed by atoms with Gasteiger partial charge in [0, 0.05) is 46.3 Å². The highest BCUT2D eigenvalue weighted by molar-refractivity contribution is 6.29. The normalized spacial score (nSPS) is 18.5. The Morgan fingerprint density at radius 2 is 2.00 bits per heavy atom. The molecule has 1 fully saturated rings. The fourth-order valence-electron chi connectivity index (χ4n) is 2.16. The molecule has 0 radical (unpaired) electrons. The molecule has 1 aliphatic heterocycles. The summed E-state index contributed by atoms with van der Waals surface area (Å²) in [5.41, 5.74) is 1.17. The van der Waals surface area contributed by atoms with Crippen LogP contribution in [0.15, 0.2) is 18.7 Å². The van der Waals surface area contributed by atoms with Crippen molar-refractivity contribution >= 4 is 11.6 Å². The van der Waals surface area contributed by atoms with E-state index in [4.69, 9.17) is 11.6 Å². The van der Waals surface area contributed by atoms with E-state index in [1.54, 1.807) is 0 Å². The Hall–Kier alpha value is -0.840. The first-order chi connectivity index (χ1) is 8.19. The van der Waals surface area contributed by atoms with E-state index in [9.17, 15) is 0 Å². The van der Waals surface area contributed by atoms with Crippen molar-refractivity contribution in [1.82, 2.24) is 19.6 Å². The van der Waals surface area contributed by atoms with Gasteiger partial charge in [-0.25, -0.2) is 0 Å². The highest BCUT2D eigenvalue weighted by Crippen LogP contribution is 2.12. The van der Waals surface area contributed by atoms with E-state index in [1.165, 1.54) is 5.69 Å². The van der Waals surface area contributed by atoms with E-state index in [0.717, 1.165) is 39.3 Å². The molecular formula is C12H19ClN4. The Morgan fingerprint density at radius 1 is 1.35 bits per heavy atom. The minimum Gasteiger partial charge on any atom is -0.297 e. The van der Waals surface area contributed by atoms with E-state index in [2.05, 4.69) is 21.5 Å². The molecule has 2 heterocycles. The number of halogens is 1. The van der Waals surface area contributed by atoms with Gasteiger partial charge in [0.1, 0.15) is 0 Å². The van der Waals surface area contributed by atoms with Gasteiger partial charge in [0.15, 0.2) is 5.15 Å². The van der Waals surface area contributed by atoms with E-state index in [1.807, 2.05) is 23.9 Å². The third-order valence-corrected chi connectivity index (χ3v) is 3.37. The summed E-state index contributed by atoms with van der Waals surface area (Å²) in [4.78, 5) is 4.85. The number of piperazine rings is 1. The fraction of sp³-hybridized carbons (Fsp3) is 0.583. The van der Waals surface area contributed by atoms with Crippen molar-refractivity contribution in [1.29, 1.82) is 0 Å². The Morgan fingerprint density at radius 3 is 2.53 bits per heavy atom. The van der Waals surface area contributed by atoms with Gasteiger partial charge in [-0.15, -0.1) is 6.58 Å². The number of hydrogen-bond acceptors (Lipinski definition) is 3. The quantitative estimate of drug-likeness (QED) is 0.759. The topological polar surface area (TPSA) is 24.3 Å². The fourth-order valence-corrected chi connectivity index (χ4v) is 2.40. The average molecular weight is 255 g/mol. The van der Waals surface area contributed by atoms with Gasteiger partial charge in [-0.05, 0) is 6.07 Å². The summed E-state index contributed by atoms with van der Waals surface area (Å²) in [6, 6.07) is 1.94. The zero-order valence-electron chi connectivity index (χ0n) is 10.3. The van der Waals surface area contributed by atoms with Crippen LogP contribution in [-0.4, -0.2) is 52.3 Å². The summed E-state index contributed by atoms with van der Waals surface area (Å²) in [6.07, 6.45) is 1.97. The average Bonchev–Trinajstić information content (AvgIpc) is 2.61. The molecule has 2 rings (SSSR count). The van der Waals surface area contributed by atoms with Crippen LogP contribution < -0.4 is 0 Å². The lowest BCUT2D eigenvalue weighted by Gasteiger charge is -2.33. The van der Waals surface area contributed by atoms with Crippen molar-refractivity contribution in [3.05, 3.63) is 29.6 Å². The first-order valence-electron chi connectivity index (χ1n) is 5.93. The highest BCUT2D eigenvalue weighted by atomic mass is 35.5. The summed E-state index contributed by atoms with van der Waals surface area (Å²) < 4.78 is 1.86. The Labute approximate surface area is 107 Å². The predicted molar refractivity (Wildman–Crippen MR) is 70.1 cm³/mol. The molecule has 94 valence electrons.